The van der Waals surface area contributed by atoms with Crippen LogP contribution in [0.5, 0.6) is 0 Å². The van der Waals surface area contributed by atoms with Crippen molar-refractivity contribution in [2.45, 2.75) is 45.2 Å². The first-order valence-electron chi connectivity index (χ1n) is 5.55. The number of nitrogens with one attached hydrogen (secondary N) is 1. The molecule has 0 aromatic carbocycles. The molecule has 5 heteroatoms. The number of rotatable bonds is 4. The molecule has 0 unspecified atom stereocenters. The van der Waals surface area contributed by atoms with Crippen molar-refractivity contribution in [2.75, 3.05) is 0 Å². The van der Waals surface area contributed by atoms with Crippen LogP contribution < -0.4 is 5.32 Å². The lowest BCUT2D eigenvalue weighted by molar-refractivity contribution is 0.0692. The third-order valence-corrected chi connectivity index (χ3v) is 3.09. The summed E-state index contributed by atoms with van der Waals surface area (Å²) in [7, 11) is 0. The van der Waals surface area contributed by atoms with Crippen molar-refractivity contribution in [3.05, 3.63) is 17.0 Å². The van der Waals surface area contributed by atoms with E-state index in [-0.39, 0.29) is 11.6 Å². The number of hydrogen-bond acceptors (Lipinski definition) is 4. The van der Waals surface area contributed by atoms with Gasteiger partial charge in [0.15, 0.2) is 5.76 Å². The summed E-state index contributed by atoms with van der Waals surface area (Å²) in [5.41, 5.74) is 0.629. The molecule has 1 aromatic heterocycles. The highest BCUT2D eigenvalue weighted by Crippen LogP contribution is 2.25. The molecule has 1 fully saturated rings. The fourth-order valence-corrected chi connectivity index (χ4v) is 1.95. The highest BCUT2D eigenvalue weighted by atomic mass is 16.5. The first-order valence-corrected chi connectivity index (χ1v) is 5.55. The fraction of sp³-hybridized carbons (Fsp3) is 0.636. The fourth-order valence-electron chi connectivity index (χ4n) is 1.95. The van der Waals surface area contributed by atoms with Crippen LogP contribution in [0.2, 0.25) is 0 Å². The van der Waals surface area contributed by atoms with E-state index < -0.39 is 5.97 Å². The Bertz CT molecular complexity index is 396. The van der Waals surface area contributed by atoms with Gasteiger partial charge in [-0.25, -0.2) is 4.79 Å². The van der Waals surface area contributed by atoms with E-state index in [4.69, 9.17) is 9.63 Å². The Morgan fingerprint density at radius 2 is 2.31 bits per heavy atom. The number of carboxylic acids is 1. The standard InChI is InChI=1S/C11H16N2O3/c1-6-9(11(14)15)10(16-13-6)7(2)12-8-4-3-5-8/h7-8,12H,3-5H2,1-2H3,(H,14,15)/t7-/m1/s1. The van der Waals surface area contributed by atoms with Crippen LogP contribution in [0.4, 0.5) is 0 Å². The summed E-state index contributed by atoms with van der Waals surface area (Å²) in [6, 6.07) is 0.389. The quantitative estimate of drug-likeness (QED) is 0.816. The van der Waals surface area contributed by atoms with Crippen LogP contribution in [-0.4, -0.2) is 22.3 Å². The van der Waals surface area contributed by atoms with Crippen LogP contribution in [0, 0.1) is 6.92 Å². The van der Waals surface area contributed by atoms with Crippen LogP contribution in [0.3, 0.4) is 0 Å². The van der Waals surface area contributed by atoms with Gasteiger partial charge >= 0.3 is 5.97 Å². The predicted molar refractivity (Wildman–Crippen MR) is 57.4 cm³/mol. The van der Waals surface area contributed by atoms with Crippen molar-refractivity contribution in [1.82, 2.24) is 10.5 Å². The molecular formula is C11H16N2O3. The zero-order valence-electron chi connectivity index (χ0n) is 9.49. The van der Waals surface area contributed by atoms with Crippen LogP contribution in [0.15, 0.2) is 4.52 Å². The van der Waals surface area contributed by atoms with Crippen molar-refractivity contribution in [1.29, 1.82) is 0 Å². The monoisotopic (exact) mass is 224 g/mol. The average molecular weight is 224 g/mol. The Morgan fingerprint density at radius 1 is 1.62 bits per heavy atom. The van der Waals surface area contributed by atoms with E-state index in [9.17, 15) is 4.79 Å². The maximum atomic E-state index is 11.0. The van der Waals surface area contributed by atoms with Crippen LogP contribution in [-0.2, 0) is 0 Å². The Morgan fingerprint density at radius 3 is 2.81 bits per heavy atom. The van der Waals surface area contributed by atoms with Crippen molar-refractivity contribution < 1.29 is 14.4 Å². The van der Waals surface area contributed by atoms with Crippen LogP contribution in [0.1, 0.15) is 54.0 Å². The van der Waals surface area contributed by atoms with Gasteiger partial charge in [-0.05, 0) is 26.7 Å². The minimum Gasteiger partial charge on any atom is -0.477 e. The largest absolute Gasteiger partial charge is 0.477 e. The molecule has 0 aliphatic heterocycles. The Kier molecular flexibility index (Phi) is 2.96. The maximum Gasteiger partial charge on any atom is 0.341 e. The van der Waals surface area contributed by atoms with E-state index in [1.807, 2.05) is 6.92 Å². The molecule has 0 bridgehead atoms. The van der Waals surface area contributed by atoms with E-state index in [0.717, 1.165) is 12.8 Å². The van der Waals surface area contributed by atoms with Gasteiger partial charge in [-0.1, -0.05) is 11.6 Å². The van der Waals surface area contributed by atoms with Crippen molar-refractivity contribution >= 4 is 5.97 Å². The van der Waals surface area contributed by atoms with E-state index in [2.05, 4.69) is 10.5 Å². The van der Waals surface area contributed by atoms with Gasteiger partial charge < -0.3 is 14.9 Å². The van der Waals surface area contributed by atoms with E-state index >= 15 is 0 Å². The minimum atomic E-state index is -0.976. The summed E-state index contributed by atoms with van der Waals surface area (Å²) >= 11 is 0. The summed E-state index contributed by atoms with van der Waals surface area (Å²) < 4.78 is 5.09. The number of aryl methyl sites for hydroxylation is 1. The second-order valence-corrected chi connectivity index (χ2v) is 4.33. The molecule has 1 aliphatic rings. The summed E-state index contributed by atoms with van der Waals surface area (Å²) in [4.78, 5) is 11.0. The lowest BCUT2D eigenvalue weighted by atomic mass is 9.92. The molecule has 1 aliphatic carbocycles. The number of aromatic nitrogens is 1. The van der Waals surface area contributed by atoms with Gasteiger partial charge in [0.05, 0.1) is 11.7 Å². The van der Waals surface area contributed by atoms with Gasteiger partial charge in [0.25, 0.3) is 0 Å². The number of nitrogens with zero attached hydrogens (tertiary/aromatic N) is 1. The van der Waals surface area contributed by atoms with Crippen LogP contribution in [0.25, 0.3) is 0 Å². The Labute approximate surface area is 93.8 Å². The molecule has 0 amide bonds. The second kappa shape index (κ2) is 4.25. The maximum absolute atomic E-state index is 11.0. The Hall–Kier alpha value is -1.36. The van der Waals surface area contributed by atoms with Crippen molar-refractivity contribution in [2.24, 2.45) is 0 Å². The highest BCUT2D eigenvalue weighted by Gasteiger charge is 2.27. The lowest BCUT2D eigenvalue weighted by Crippen LogP contribution is -2.37. The molecule has 1 aromatic rings. The number of aromatic carboxylic acids is 1. The molecule has 5 nitrogen and oxygen atoms in total. The number of carboxylic acid groups (broad SMARTS) is 1. The van der Waals surface area contributed by atoms with Crippen LogP contribution >= 0.6 is 0 Å². The SMILES string of the molecule is Cc1noc([C@@H](C)NC2CCC2)c1C(=O)O. The predicted octanol–water partition coefficient (Wildman–Crippen LogP) is 1.88. The molecule has 0 radical (unpaired) electrons. The van der Waals surface area contributed by atoms with Gasteiger partial charge in [0, 0.05) is 6.04 Å². The van der Waals surface area contributed by atoms with Gasteiger partial charge in [-0.2, -0.15) is 0 Å². The van der Waals surface area contributed by atoms with Gasteiger partial charge in [0.1, 0.15) is 5.56 Å². The van der Waals surface area contributed by atoms with Crippen molar-refractivity contribution in [3.63, 3.8) is 0 Å². The van der Waals surface area contributed by atoms with Crippen molar-refractivity contribution in [3.8, 4) is 0 Å². The first-order chi connectivity index (χ1) is 7.59. The van der Waals surface area contributed by atoms with E-state index in [1.54, 1.807) is 6.92 Å². The molecule has 88 valence electrons. The van der Waals surface area contributed by atoms with Gasteiger partial charge in [0.2, 0.25) is 0 Å². The molecule has 1 atom stereocenters. The summed E-state index contributed by atoms with van der Waals surface area (Å²) in [5.74, 6) is -0.548. The average Bonchev–Trinajstić information content (AvgIpc) is 2.53. The zero-order chi connectivity index (χ0) is 11.7. The number of hydrogen-bond donors (Lipinski definition) is 2. The Balaban J connectivity index is 2.15. The molecule has 1 saturated carbocycles. The zero-order valence-corrected chi connectivity index (χ0v) is 9.49. The van der Waals surface area contributed by atoms with E-state index in [1.165, 1.54) is 6.42 Å². The third-order valence-electron chi connectivity index (χ3n) is 3.09. The molecule has 1 heterocycles. The summed E-state index contributed by atoms with van der Waals surface area (Å²) in [6.07, 6.45) is 3.55. The third kappa shape index (κ3) is 1.95. The highest BCUT2D eigenvalue weighted by molar-refractivity contribution is 5.90. The molecular weight excluding hydrogens is 208 g/mol. The van der Waals surface area contributed by atoms with Gasteiger partial charge in [-0.15, -0.1) is 0 Å². The molecule has 0 saturated heterocycles. The van der Waals surface area contributed by atoms with E-state index in [0.29, 0.717) is 17.5 Å². The normalized spacial score (nSPS) is 18.1. The summed E-state index contributed by atoms with van der Waals surface area (Å²) in [6.45, 7) is 3.55. The van der Waals surface area contributed by atoms with Gasteiger partial charge in [-0.3, -0.25) is 0 Å². The minimum absolute atomic E-state index is 0.0994. The first kappa shape index (κ1) is 11.1. The lowest BCUT2D eigenvalue weighted by Gasteiger charge is -2.29. The number of carbonyl (C=O) groups is 1. The summed E-state index contributed by atoms with van der Waals surface area (Å²) in [5, 5.41) is 16.1. The molecule has 0 spiro atoms. The molecule has 2 N–H and O–H groups in total. The molecule has 16 heavy (non-hydrogen) atoms. The topological polar surface area (TPSA) is 75.4 Å². The second-order valence-electron chi connectivity index (χ2n) is 4.33. The smallest absolute Gasteiger partial charge is 0.341 e. The molecule has 2 rings (SSSR count).